The molecule has 2 N–H and O–H groups in total. The first-order chi connectivity index (χ1) is 6.99. The number of aromatic nitrogens is 1. The van der Waals surface area contributed by atoms with Gasteiger partial charge in [0.05, 0.1) is 5.56 Å². The minimum atomic E-state index is -0.957. The van der Waals surface area contributed by atoms with E-state index in [4.69, 9.17) is 5.11 Å². The van der Waals surface area contributed by atoms with Gasteiger partial charge in [0.25, 0.3) is 0 Å². The molecule has 0 aliphatic carbocycles. The lowest BCUT2D eigenvalue weighted by atomic mass is 10.2. The SMILES string of the molecule is C=C(Br)CNc1cc(C(=O)O)cc(C)n1. The van der Waals surface area contributed by atoms with Gasteiger partial charge >= 0.3 is 5.97 Å². The van der Waals surface area contributed by atoms with Gasteiger partial charge < -0.3 is 10.4 Å². The molecule has 1 aromatic heterocycles. The quantitative estimate of drug-likeness (QED) is 0.882. The van der Waals surface area contributed by atoms with E-state index in [2.05, 4.69) is 32.8 Å². The molecule has 0 unspecified atom stereocenters. The average molecular weight is 271 g/mol. The van der Waals surface area contributed by atoms with Crippen LogP contribution in [0.25, 0.3) is 0 Å². The van der Waals surface area contributed by atoms with Gasteiger partial charge in [0.15, 0.2) is 0 Å². The van der Waals surface area contributed by atoms with Gasteiger partial charge in [-0.25, -0.2) is 9.78 Å². The lowest BCUT2D eigenvalue weighted by molar-refractivity contribution is 0.0696. The average Bonchev–Trinajstić information content (AvgIpc) is 2.13. The third-order valence-electron chi connectivity index (χ3n) is 1.66. The Kier molecular flexibility index (Phi) is 3.85. The Morgan fingerprint density at radius 3 is 2.87 bits per heavy atom. The summed E-state index contributed by atoms with van der Waals surface area (Å²) in [6.45, 7) is 5.92. The van der Waals surface area contributed by atoms with Crippen LogP contribution in [0.3, 0.4) is 0 Å². The monoisotopic (exact) mass is 270 g/mol. The Morgan fingerprint density at radius 1 is 1.67 bits per heavy atom. The van der Waals surface area contributed by atoms with E-state index in [1.54, 1.807) is 6.92 Å². The Bertz CT molecular complexity index is 404. The van der Waals surface area contributed by atoms with Crippen LogP contribution in [0.2, 0.25) is 0 Å². The molecule has 0 saturated carbocycles. The second-order valence-electron chi connectivity index (χ2n) is 3.06. The van der Waals surface area contributed by atoms with E-state index in [0.29, 0.717) is 18.1 Å². The van der Waals surface area contributed by atoms with Crippen molar-refractivity contribution in [2.75, 3.05) is 11.9 Å². The zero-order valence-electron chi connectivity index (χ0n) is 8.25. The van der Waals surface area contributed by atoms with Crippen molar-refractivity contribution in [2.45, 2.75) is 6.92 Å². The minimum absolute atomic E-state index is 0.227. The number of hydrogen-bond acceptors (Lipinski definition) is 3. The van der Waals surface area contributed by atoms with E-state index in [1.165, 1.54) is 12.1 Å². The van der Waals surface area contributed by atoms with E-state index in [-0.39, 0.29) is 5.56 Å². The normalized spacial score (nSPS) is 9.73. The molecule has 0 saturated heterocycles. The molecule has 0 amide bonds. The number of anilines is 1. The predicted octanol–water partition coefficient (Wildman–Crippen LogP) is 2.41. The highest BCUT2D eigenvalue weighted by Crippen LogP contribution is 2.11. The summed E-state index contributed by atoms with van der Waals surface area (Å²) in [4.78, 5) is 14.9. The second kappa shape index (κ2) is 4.93. The number of aromatic carboxylic acids is 1. The molecule has 1 rings (SSSR count). The van der Waals surface area contributed by atoms with E-state index in [0.717, 1.165) is 4.48 Å². The van der Waals surface area contributed by atoms with Crippen LogP contribution in [0, 0.1) is 6.92 Å². The summed E-state index contributed by atoms with van der Waals surface area (Å²) in [5, 5.41) is 11.8. The highest BCUT2D eigenvalue weighted by Gasteiger charge is 2.06. The summed E-state index contributed by atoms with van der Waals surface area (Å²) in [6, 6.07) is 3.02. The molecule has 0 fully saturated rings. The maximum absolute atomic E-state index is 10.8. The molecule has 15 heavy (non-hydrogen) atoms. The van der Waals surface area contributed by atoms with E-state index >= 15 is 0 Å². The summed E-state index contributed by atoms with van der Waals surface area (Å²) in [5.74, 6) is -0.422. The first kappa shape index (κ1) is 11.7. The molecular weight excluding hydrogens is 260 g/mol. The smallest absolute Gasteiger partial charge is 0.335 e. The van der Waals surface area contributed by atoms with E-state index < -0.39 is 5.97 Å². The molecule has 4 nitrogen and oxygen atoms in total. The van der Waals surface area contributed by atoms with Crippen molar-refractivity contribution in [1.29, 1.82) is 0 Å². The Balaban J connectivity index is 2.88. The minimum Gasteiger partial charge on any atom is -0.478 e. The summed E-state index contributed by atoms with van der Waals surface area (Å²) in [7, 11) is 0. The number of carbonyl (C=O) groups is 1. The third-order valence-corrected chi connectivity index (χ3v) is 1.94. The molecule has 0 aliphatic rings. The van der Waals surface area contributed by atoms with Crippen LogP contribution >= 0.6 is 15.9 Å². The molecule has 0 radical (unpaired) electrons. The zero-order valence-corrected chi connectivity index (χ0v) is 9.84. The topological polar surface area (TPSA) is 62.2 Å². The van der Waals surface area contributed by atoms with Crippen LogP contribution in [0.1, 0.15) is 16.1 Å². The van der Waals surface area contributed by atoms with Crippen LogP contribution in [-0.2, 0) is 0 Å². The molecular formula is C10H11BrN2O2. The molecule has 5 heteroatoms. The summed E-state index contributed by atoms with van der Waals surface area (Å²) in [5.41, 5.74) is 0.891. The predicted molar refractivity (Wildman–Crippen MR) is 62.5 cm³/mol. The number of rotatable bonds is 4. The van der Waals surface area contributed by atoms with Gasteiger partial charge in [0.2, 0.25) is 0 Å². The number of carboxylic acid groups (broad SMARTS) is 1. The van der Waals surface area contributed by atoms with Gasteiger partial charge in [-0.3, -0.25) is 0 Å². The van der Waals surface area contributed by atoms with Gasteiger partial charge in [-0.2, -0.15) is 0 Å². The number of nitrogens with zero attached hydrogens (tertiary/aromatic N) is 1. The van der Waals surface area contributed by atoms with Crippen molar-refractivity contribution in [3.05, 3.63) is 34.5 Å². The van der Waals surface area contributed by atoms with Gasteiger partial charge in [-0.15, -0.1) is 0 Å². The van der Waals surface area contributed by atoms with Crippen molar-refractivity contribution in [3.8, 4) is 0 Å². The van der Waals surface area contributed by atoms with Crippen LogP contribution in [-0.4, -0.2) is 22.6 Å². The first-order valence-corrected chi connectivity index (χ1v) is 5.07. The third kappa shape index (κ3) is 3.71. The summed E-state index contributed by atoms with van der Waals surface area (Å²) < 4.78 is 0.780. The van der Waals surface area contributed by atoms with Crippen molar-refractivity contribution in [1.82, 2.24) is 4.98 Å². The van der Waals surface area contributed by atoms with E-state index in [9.17, 15) is 4.79 Å². The van der Waals surface area contributed by atoms with Crippen molar-refractivity contribution in [2.24, 2.45) is 0 Å². The number of nitrogens with one attached hydrogen (secondary N) is 1. The fraction of sp³-hybridized carbons (Fsp3) is 0.200. The number of aryl methyl sites for hydroxylation is 1. The number of pyridine rings is 1. The fourth-order valence-corrected chi connectivity index (χ4v) is 1.21. The fourth-order valence-electron chi connectivity index (χ4n) is 1.07. The second-order valence-corrected chi connectivity index (χ2v) is 4.18. The summed E-state index contributed by atoms with van der Waals surface area (Å²) in [6.07, 6.45) is 0. The van der Waals surface area contributed by atoms with Crippen molar-refractivity contribution < 1.29 is 9.90 Å². The lowest BCUT2D eigenvalue weighted by Gasteiger charge is -2.06. The molecule has 0 atom stereocenters. The van der Waals surface area contributed by atoms with Crippen molar-refractivity contribution in [3.63, 3.8) is 0 Å². The standard InChI is InChI=1S/C10H11BrN2O2/c1-6(11)5-12-9-4-8(10(14)15)3-7(2)13-9/h3-4H,1,5H2,2H3,(H,12,13)(H,14,15). The van der Waals surface area contributed by atoms with Crippen LogP contribution in [0.4, 0.5) is 5.82 Å². The van der Waals surface area contributed by atoms with Gasteiger partial charge in [0.1, 0.15) is 5.82 Å². The molecule has 0 bridgehead atoms. The molecule has 0 aromatic carbocycles. The lowest BCUT2D eigenvalue weighted by Crippen LogP contribution is -2.06. The largest absolute Gasteiger partial charge is 0.478 e. The number of halogens is 1. The Hall–Kier alpha value is -1.36. The molecule has 0 spiro atoms. The zero-order chi connectivity index (χ0) is 11.4. The number of carboxylic acids is 1. The Morgan fingerprint density at radius 2 is 2.33 bits per heavy atom. The van der Waals surface area contributed by atoms with Gasteiger partial charge in [-0.05, 0) is 19.1 Å². The number of hydrogen-bond donors (Lipinski definition) is 2. The highest BCUT2D eigenvalue weighted by atomic mass is 79.9. The maximum Gasteiger partial charge on any atom is 0.335 e. The van der Waals surface area contributed by atoms with Crippen LogP contribution in [0.5, 0.6) is 0 Å². The maximum atomic E-state index is 10.8. The van der Waals surface area contributed by atoms with Crippen molar-refractivity contribution >= 4 is 27.7 Å². The van der Waals surface area contributed by atoms with Gasteiger partial charge in [-0.1, -0.05) is 22.5 Å². The molecule has 1 aromatic rings. The molecule has 0 aliphatic heterocycles. The van der Waals surface area contributed by atoms with Crippen LogP contribution < -0.4 is 5.32 Å². The Labute approximate surface area is 96.2 Å². The molecule has 1 heterocycles. The summed E-state index contributed by atoms with van der Waals surface area (Å²) >= 11 is 3.20. The van der Waals surface area contributed by atoms with Gasteiger partial charge in [0, 0.05) is 16.7 Å². The van der Waals surface area contributed by atoms with Crippen LogP contribution in [0.15, 0.2) is 23.2 Å². The molecule has 80 valence electrons. The van der Waals surface area contributed by atoms with E-state index in [1.807, 2.05) is 0 Å². The highest BCUT2D eigenvalue weighted by molar-refractivity contribution is 9.11. The first-order valence-electron chi connectivity index (χ1n) is 4.28.